The van der Waals surface area contributed by atoms with Gasteiger partial charge in [0.1, 0.15) is 0 Å². The molecule has 0 saturated heterocycles. The van der Waals surface area contributed by atoms with E-state index >= 15 is 0 Å². The van der Waals surface area contributed by atoms with Gasteiger partial charge in [0, 0.05) is 12.6 Å². The quantitative estimate of drug-likeness (QED) is 0.867. The molecular formula is C16H21NO3. The van der Waals surface area contributed by atoms with Gasteiger partial charge in [0.25, 0.3) is 0 Å². The molecular weight excluding hydrogens is 254 g/mol. The molecule has 1 N–H and O–H groups in total. The van der Waals surface area contributed by atoms with Crippen LogP contribution in [0.1, 0.15) is 38.7 Å². The van der Waals surface area contributed by atoms with Crippen LogP contribution in [0.15, 0.2) is 30.3 Å². The van der Waals surface area contributed by atoms with Crippen molar-refractivity contribution in [2.24, 2.45) is 0 Å². The van der Waals surface area contributed by atoms with E-state index in [4.69, 9.17) is 5.11 Å². The standard InChI is InChI=1S/C16H21NO3/c1-16(2,12-6-4-3-5-7-12)15(20)17(13-8-9-13)11-10-14(18)19/h3-7,13H,8-11H2,1-2H3,(H,18,19). The Labute approximate surface area is 119 Å². The molecule has 0 radical (unpaired) electrons. The van der Waals surface area contributed by atoms with Crippen molar-refractivity contribution in [1.29, 1.82) is 0 Å². The molecule has 0 spiro atoms. The van der Waals surface area contributed by atoms with E-state index in [9.17, 15) is 9.59 Å². The molecule has 0 atom stereocenters. The molecule has 2 rings (SSSR count). The third-order valence-corrected chi connectivity index (χ3v) is 3.85. The first kappa shape index (κ1) is 14.6. The van der Waals surface area contributed by atoms with E-state index in [0.29, 0.717) is 6.54 Å². The van der Waals surface area contributed by atoms with E-state index in [-0.39, 0.29) is 18.4 Å². The fraction of sp³-hybridized carbons (Fsp3) is 0.500. The largest absolute Gasteiger partial charge is 0.481 e. The number of rotatable bonds is 6. The number of aliphatic carboxylic acids is 1. The second kappa shape index (κ2) is 5.65. The van der Waals surface area contributed by atoms with Gasteiger partial charge >= 0.3 is 5.97 Å². The highest BCUT2D eigenvalue weighted by Gasteiger charge is 2.40. The fourth-order valence-electron chi connectivity index (χ4n) is 2.39. The Balaban J connectivity index is 2.16. The minimum atomic E-state index is -0.860. The van der Waals surface area contributed by atoms with Gasteiger partial charge in [-0.3, -0.25) is 9.59 Å². The van der Waals surface area contributed by atoms with E-state index in [2.05, 4.69) is 0 Å². The lowest BCUT2D eigenvalue weighted by Crippen LogP contribution is -2.45. The summed E-state index contributed by atoms with van der Waals surface area (Å²) in [4.78, 5) is 25.3. The van der Waals surface area contributed by atoms with Crippen LogP contribution in [0, 0.1) is 0 Å². The summed E-state index contributed by atoms with van der Waals surface area (Å²) in [7, 11) is 0. The summed E-state index contributed by atoms with van der Waals surface area (Å²) in [6, 6.07) is 9.88. The zero-order valence-corrected chi connectivity index (χ0v) is 12.0. The number of carboxylic acid groups (broad SMARTS) is 1. The van der Waals surface area contributed by atoms with E-state index in [1.54, 1.807) is 4.90 Å². The molecule has 1 saturated carbocycles. The Bertz CT molecular complexity index is 492. The van der Waals surface area contributed by atoms with E-state index in [1.165, 1.54) is 0 Å². The van der Waals surface area contributed by atoms with Crippen LogP contribution in [0.4, 0.5) is 0 Å². The number of hydrogen-bond acceptors (Lipinski definition) is 2. The summed E-state index contributed by atoms with van der Waals surface area (Å²) in [5, 5.41) is 8.83. The number of nitrogens with zero attached hydrogens (tertiary/aromatic N) is 1. The number of carbonyl (C=O) groups excluding carboxylic acids is 1. The highest BCUT2D eigenvalue weighted by atomic mass is 16.4. The molecule has 0 aliphatic heterocycles. The van der Waals surface area contributed by atoms with Crippen molar-refractivity contribution in [3.8, 4) is 0 Å². The summed E-state index contributed by atoms with van der Waals surface area (Å²) in [6.07, 6.45) is 1.97. The molecule has 108 valence electrons. The molecule has 0 unspecified atom stereocenters. The number of carbonyl (C=O) groups is 2. The average molecular weight is 275 g/mol. The molecule has 1 aromatic carbocycles. The molecule has 0 heterocycles. The Hall–Kier alpha value is -1.84. The minimum Gasteiger partial charge on any atom is -0.481 e. The van der Waals surface area contributed by atoms with Gasteiger partial charge in [-0.05, 0) is 32.3 Å². The summed E-state index contributed by atoms with van der Waals surface area (Å²) >= 11 is 0. The Morgan fingerprint density at radius 2 is 1.85 bits per heavy atom. The summed E-state index contributed by atoms with van der Waals surface area (Å²) in [6.45, 7) is 4.11. The zero-order valence-electron chi connectivity index (χ0n) is 12.0. The van der Waals surface area contributed by atoms with Crippen LogP contribution >= 0.6 is 0 Å². The summed E-state index contributed by atoms with van der Waals surface area (Å²) in [5.41, 5.74) is 0.341. The second-order valence-corrected chi connectivity index (χ2v) is 5.86. The molecule has 0 aromatic heterocycles. The van der Waals surface area contributed by atoms with Crippen molar-refractivity contribution < 1.29 is 14.7 Å². The first-order valence-electron chi connectivity index (χ1n) is 7.01. The predicted molar refractivity (Wildman–Crippen MR) is 76.5 cm³/mol. The molecule has 4 nitrogen and oxygen atoms in total. The average Bonchev–Trinajstić information content (AvgIpc) is 3.24. The first-order valence-corrected chi connectivity index (χ1v) is 7.01. The normalized spacial score (nSPS) is 14.9. The number of hydrogen-bond donors (Lipinski definition) is 1. The third kappa shape index (κ3) is 3.18. The highest BCUT2D eigenvalue weighted by Crippen LogP contribution is 2.33. The van der Waals surface area contributed by atoms with Gasteiger partial charge in [-0.1, -0.05) is 30.3 Å². The van der Waals surface area contributed by atoms with Crippen LogP contribution in [-0.2, 0) is 15.0 Å². The maximum atomic E-state index is 12.8. The molecule has 1 aromatic rings. The zero-order chi connectivity index (χ0) is 14.8. The smallest absolute Gasteiger partial charge is 0.305 e. The summed E-state index contributed by atoms with van der Waals surface area (Å²) < 4.78 is 0. The lowest BCUT2D eigenvalue weighted by atomic mass is 9.83. The minimum absolute atomic E-state index is 0.00705. The number of amides is 1. The van der Waals surface area contributed by atoms with Crippen LogP contribution < -0.4 is 0 Å². The van der Waals surface area contributed by atoms with Crippen molar-refractivity contribution >= 4 is 11.9 Å². The molecule has 4 heteroatoms. The number of benzene rings is 1. The lowest BCUT2D eigenvalue weighted by molar-refractivity contribution is -0.140. The van der Waals surface area contributed by atoms with Gasteiger partial charge in [-0.25, -0.2) is 0 Å². The van der Waals surface area contributed by atoms with Gasteiger partial charge < -0.3 is 10.0 Å². The first-order chi connectivity index (χ1) is 9.43. The van der Waals surface area contributed by atoms with Crippen molar-refractivity contribution in [3.05, 3.63) is 35.9 Å². The van der Waals surface area contributed by atoms with Crippen LogP contribution in [0.2, 0.25) is 0 Å². The van der Waals surface area contributed by atoms with Crippen molar-refractivity contribution in [1.82, 2.24) is 4.90 Å². The predicted octanol–water partition coefficient (Wildman–Crippen LogP) is 2.43. The van der Waals surface area contributed by atoms with Gasteiger partial charge in [-0.15, -0.1) is 0 Å². The maximum Gasteiger partial charge on any atom is 0.305 e. The van der Waals surface area contributed by atoms with E-state index in [1.807, 2.05) is 44.2 Å². The van der Waals surface area contributed by atoms with Crippen LogP contribution in [0.25, 0.3) is 0 Å². The highest BCUT2D eigenvalue weighted by molar-refractivity contribution is 5.88. The van der Waals surface area contributed by atoms with Crippen molar-refractivity contribution in [2.75, 3.05) is 6.54 Å². The maximum absolute atomic E-state index is 12.8. The van der Waals surface area contributed by atoms with E-state index in [0.717, 1.165) is 18.4 Å². The third-order valence-electron chi connectivity index (χ3n) is 3.85. The monoisotopic (exact) mass is 275 g/mol. The van der Waals surface area contributed by atoms with Gasteiger partial charge in [-0.2, -0.15) is 0 Å². The van der Waals surface area contributed by atoms with Crippen molar-refractivity contribution in [2.45, 2.75) is 44.6 Å². The molecule has 1 aliphatic carbocycles. The van der Waals surface area contributed by atoms with Gasteiger partial charge in [0.05, 0.1) is 11.8 Å². The Kier molecular flexibility index (Phi) is 4.12. The van der Waals surface area contributed by atoms with Gasteiger partial charge in [0.2, 0.25) is 5.91 Å². The topological polar surface area (TPSA) is 57.6 Å². The Morgan fingerprint density at radius 3 is 2.35 bits per heavy atom. The number of carboxylic acids is 1. The fourth-order valence-corrected chi connectivity index (χ4v) is 2.39. The SMILES string of the molecule is CC(C)(C(=O)N(CCC(=O)O)C1CC1)c1ccccc1. The molecule has 1 fully saturated rings. The Morgan fingerprint density at radius 1 is 1.25 bits per heavy atom. The molecule has 0 bridgehead atoms. The molecule has 1 amide bonds. The molecule has 1 aliphatic rings. The van der Waals surface area contributed by atoms with Crippen LogP contribution in [-0.4, -0.2) is 34.5 Å². The van der Waals surface area contributed by atoms with Crippen LogP contribution in [0.5, 0.6) is 0 Å². The van der Waals surface area contributed by atoms with Crippen LogP contribution in [0.3, 0.4) is 0 Å². The summed E-state index contributed by atoms with van der Waals surface area (Å²) in [5.74, 6) is -0.839. The van der Waals surface area contributed by atoms with Crippen molar-refractivity contribution in [3.63, 3.8) is 0 Å². The molecule has 20 heavy (non-hydrogen) atoms. The second-order valence-electron chi connectivity index (χ2n) is 5.86. The van der Waals surface area contributed by atoms with E-state index < -0.39 is 11.4 Å². The lowest BCUT2D eigenvalue weighted by Gasteiger charge is -2.32. The van der Waals surface area contributed by atoms with Gasteiger partial charge in [0.15, 0.2) is 0 Å².